The average molecular weight is 402 g/mol. The minimum absolute atomic E-state index is 0.217. The molecule has 29 heavy (non-hydrogen) atoms. The van der Waals surface area contributed by atoms with E-state index in [1.807, 2.05) is 4.90 Å². The largest absolute Gasteiger partial charge is 0.337 e. The monoisotopic (exact) mass is 402 g/mol. The Morgan fingerprint density at radius 3 is 2.66 bits per heavy atom. The van der Waals surface area contributed by atoms with Gasteiger partial charge in [-0.1, -0.05) is 18.2 Å². The Labute approximate surface area is 166 Å². The zero-order chi connectivity index (χ0) is 20.4. The lowest BCUT2D eigenvalue weighted by molar-refractivity contribution is 0.0683. The van der Waals surface area contributed by atoms with Crippen molar-refractivity contribution in [3.8, 4) is 0 Å². The zero-order valence-electron chi connectivity index (χ0n) is 15.8. The SMILES string of the molecule is O=C(c1cccc(F)c1)N1CCCN(Cc2nc3ccccc3n2C(F)F)CC1. The van der Waals surface area contributed by atoms with Crippen molar-refractivity contribution >= 4 is 16.9 Å². The van der Waals surface area contributed by atoms with Gasteiger partial charge in [0.15, 0.2) is 0 Å². The molecule has 1 aromatic heterocycles. The van der Waals surface area contributed by atoms with E-state index >= 15 is 0 Å². The molecule has 0 saturated carbocycles. The fourth-order valence-electron chi connectivity index (χ4n) is 3.76. The molecule has 0 atom stereocenters. The average Bonchev–Trinajstić information content (AvgIpc) is 2.91. The van der Waals surface area contributed by atoms with E-state index in [4.69, 9.17) is 0 Å². The minimum atomic E-state index is -2.67. The Morgan fingerprint density at radius 1 is 1.03 bits per heavy atom. The summed E-state index contributed by atoms with van der Waals surface area (Å²) in [6, 6.07) is 12.5. The van der Waals surface area contributed by atoms with Crippen LogP contribution in [0, 0.1) is 5.82 Å². The number of aromatic nitrogens is 2. The summed E-state index contributed by atoms with van der Waals surface area (Å²) in [4.78, 5) is 20.8. The maximum Gasteiger partial charge on any atom is 0.320 e. The summed E-state index contributed by atoms with van der Waals surface area (Å²) in [5, 5.41) is 0. The van der Waals surface area contributed by atoms with Gasteiger partial charge in [-0.3, -0.25) is 14.3 Å². The molecule has 5 nitrogen and oxygen atoms in total. The number of rotatable bonds is 4. The van der Waals surface area contributed by atoms with Crippen LogP contribution in [0.15, 0.2) is 48.5 Å². The smallest absolute Gasteiger partial charge is 0.320 e. The van der Waals surface area contributed by atoms with E-state index in [1.54, 1.807) is 35.2 Å². The first-order chi connectivity index (χ1) is 14.0. The molecule has 0 aliphatic carbocycles. The Balaban J connectivity index is 1.48. The summed E-state index contributed by atoms with van der Waals surface area (Å²) in [7, 11) is 0. The first-order valence-electron chi connectivity index (χ1n) is 9.54. The third kappa shape index (κ3) is 4.12. The number of nitrogens with zero attached hydrogens (tertiary/aromatic N) is 4. The molecule has 1 amide bonds. The van der Waals surface area contributed by atoms with Crippen LogP contribution in [0.3, 0.4) is 0 Å². The van der Waals surface area contributed by atoms with Gasteiger partial charge in [-0.25, -0.2) is 9.37 Å². The van der Waals surface area contributed by atoms with Gasteiger partial charge in [0.1, 0.15) is 11.6 Å². The van der Waals surface area contributed by atoms with Crippen LogP contribution < -0.4 is 0 Å². The molecule has 1 saturated heterocycles. The molecule has 0 bridgehead atoms. The Hall–Kier alpha value is -2.87. The van der Waals surface area contributed by atoms with Gasteiger partial charge in [-0.15, -0.1) is 0 Å². The molecule has 152 valence electrons. The predicted molar refractivity (Wildman–Crippen MR) is 103 cm³/mol. The number of alkyl halides is 2. The van der Waals surface area contributed by atoms with Gasteiger partial charge in [-0.05, 0) is 36.8 Å². The number of imidazole rings is 1. The molecule has 1 aliphatic heterocycles. The lowest BCUT2D eigenvalue weighted by atomic mass is 10.2. The van der Waals surface area contributed by atoms with Gasteiger partial charge < -0.3 is 4.90 Å². The molecule has 1 aliphatic rings. The van der Waals surface area contributed by atoms with E-state index in [0.717, 1.165) is 4.57 Å². The van der Waals surface area contributed by atoms with Gasteiger partial charge in [0.05, 0.1) is 17.6 Å². The number of para-hydroxylation sites is 2. The van der Waals surface area contributed by atoms with Crippen LogP contribution in [0.25, 0.3) is 11.0 Å². The van der Waals surface area contributed by atoms with Crippen LogP contribution in [0.1, 0.15) is 29.2 Å². The Kier molecular flexibility index (Phi) is 5.53. The first kappa shape index (κ1) is 19.4. The van der Waals surface area contributed by atoms with E-state index in [2.05, 4.69) is 4.98 Å². The minimum Gasteiger partial charge on any atom is -0.337 e. The second-order valence-corrected chi connectivity index (χ2v) is 7.10. The van der Waals surface area contributed by atoms with Crippen molar-refractivity contribution in [3.05, 3.63) is 65.7 Å². The highest BCUT2D eigenvalue weighted by atomic mass is 19.3. The highest BCUT2D eigenvalue weighted by molar-refractivity contribution is 5.94. The zero-order valence-corrected chi connectivity index (χ0v) is 15.8. The van der Waals surface area contributed by atoms with E-state index in [1.165, 1.54) is 18.2 Å². The van der Waals surface area contributed by atoms with Crippen LogP contribution in [0.4, 0.5) is 13.2 Å². The predicted octanol–water partition coefficient (Wildman–Crippen LogP) is 3.92. The van der Waals surface area contributed by atoms with Crippen LogP contribution in [-0.4, -0.2) is 51.4 Å². The highest BCUT2D eigenvalue weighted by Crippen LogP contribution is 2.24. The molecule has 0 unspecified atom stereocenters. The van der Waals surface area contributed by atoms with Crippen molar-refractivity contribution in [2.75, 3.05) is 26.2 Å². The van der Waals surface area contributed by atoms with Crippen LogP contribution in [-0.2, 0) is 6.54 Å². The lowest BCUT2D eigenvalue weighted by Crippen LogP contribution is -2.35. The van der Waals surface area contributed by atoms with Crippen molar-refractivity contribution in [1.29, 1.82) is 0 Å². The first-order valence-corrected chi connectivity index (χ1v) is 9.54. The number of hydrogen-bond acceptors (Lipinski definition) is 3. The molecule has 2 heterocycles. The highest BCUT2D eigenvalue weighted by Gasteiger charge is 2.23. The summed E-state index contributed by atoms with van der Waals surface area (Å²) in [6.07, 6.45) is 0.704. The summed E-state index contributed by atoms with van der Waals surface area (Å²) in [5.74, 6) is -0.351. The van der Waals surface area contributed by atoms with Gasteiger partial charge >= 0.3 is 6.55 Å². The molecule has 0 spiro atoms. The molecule has 0 N–H and O–H groups in total. The molecule has 1 fully saturated rings. The number of amides is 1. The van der Waals surface area contributed by atoms with Crippen molar-refractivity contribution in [2.24, 2.45) is 0 Å². The number of hydrogen-bond donors (Lipinski definition) is 0. The molecular formula is C21H21F3N4O. The molecule has 4 rings (SSSR count). The van der Waals surface area contributed by atoms with E-state index < -0.39 is 12.4 Å². The van der Waals surface area contributed by atoms with Crippen LogP contribution in [0.2, 0.25) is 0 Å². The number of carbonyl (C=O) groups excluding carboxylic acids is 1. The normalized spacial score (nSPS) is 15.8. The standard InChI is InChI=1S/C21H21F3N4O/c22-16-6-3-5-15(13-16)20(29)27-10-4-9-26(11-12-27)14-19-25-17-7-1-2-8-18(17)28(19)21(23)24/h1-3,5-8,13,21H,4,9-12,14H2. The number of carbonyl (C=O) groups is 1. The maximum absolute atomic E-state index is 13.6. The summed E-state index contributed by atoms with van der Waals surface area (Å²) in [6.45, 7) is -0.203. The van der Waals surface area contributed by atoms with Crippen molar-refractivity contribution < 1.29 is 18.0 Å². The van der Waals surface area contributed by atoms with Crippen LogP contribution >= 0.6 is 0 Å². The second kappa shape index (κ2) is 8.24. The van der Waals surface area contributed by atoms with Crippen molar-refractivity contribution in [1.82, 2.24) is 19.4 Å². The van der Waals surface area contributed by atoms with E-state index in [-0.39, 0.29) is 12.5 Å². The summed E-state index contributed by atoms with van der Waals surface area (Å²) < 4.78 is 41.7. The maximum atomic E-state index is 13.6. The summed E-state index contributed by atoms with van der Waals surface area (Å²) >= 11 is 0. The lowest BCUT2D eigenvalue weighted by Gasteiger charge is -2.22. The van der Waals surface area contributed by atoms with Crippen molar-refractivity contribution in [3.63, 3.8) is 0 Å². The van der Waals surface area contributed by atoms with E-state index in [9.17, 15) is 18.0 Å². The number of benzene rings is 2. The fourth-order valence-corrected chi connectivity index (χ4v) is 3.76. The quantitative estimate of drug-likeness (QED) is 0.664. The Morgan fingerprint density at radius 2 is 1.86 bits per heavy atom. The molecular weight excluding hydrogens is 381 g/mol. The fraction of sp³-hybridized carbons (Fsp3) is 0.333. The molecule has 0 radical (unpaired) electrons. The third-order valence-electron chi connectivity index (χ3n) is 5.18. The van der Waals surface area contributed by atoms with Gasteiger partial charge in [0.2, 0.25) is 0 Å². The van der Waals surface area contributed by atoms with Gasteiger partial charge in [0.25, 0.3) is 5.91 Å². The molecule has 3 aromatic rings. The molecule has 2 aromatic carbocycles. The Bertz CT molecular complexity index is 1020. The van der Waals surface area contributed by atoms with Crippen molar-refractivity contribution in [2.45, 2.75) is 19.5 Å². The van der Waals surface area contributed by atoms with Crippen LogP contribution in [0.5, 0.6) is 0 Å². The van der Waals surface area contributed by atoms with E-state index in [0.29, 0.717) is 55.0 Å². The number of halogens is 3. The number of fused-ring (bicyclic) bond motifs is 1. The second-order valence-electron chi connectivity index (χ2n) is 7.10. The topological polar surface area (TPSA) is 41.4 Å². The summed E-state index contributed by atoms with van der Waals surface area (Å²) in [5.41, 5.74) is 1.27. The van der Waals surface area contributed by atoms with Gasteiger partial charge in [-0.2, -0.15) is 8.78 Å². The third-order valence-corrected chi connectivity index (χ3v) is 5.18. The van der Waals surface area contributed by atoms with Gasteiger partial charge in [0, 0.05) is 31.7 Å². The molecule has 8 heteroatoms.